The quantitative estimate of drug-likeness (QED) is 0.934. The van der Waals surface area contributed by atoms with Crippen molar-refractivity contribution in [3.63, 3.8) is 0 Å². The van der Waals surface area contributed by atoms with Crippen LogP contribution < -0.4 is 24.3 Å². The molecule has 0 radical (unpaired) electrons. The molecule has 1 unspecified atom stereocenters. The zero-order chi connectivity index (χ0) is 16.7. The summed E-state index contributed by atoms with van der Waals surface area (Å²) in [4.78, 5) is 12.6. The summed E-state index contributed by atoms with van der Waals surface area (Å²) < 4.78 is 21.4. The lowest BCUT2D eigenvalue weighted by molar-refractivity contribution is 0.0972. The zero-order valence-corrected chi connectivity index (χ0v) is 13.4. The van der Waals surface area contributed by atoms with Gasteiger partial charge in [-0.3, -0.25) is 4.79 Å². The highest BCUT2D eigenvalue weighted by Crippen LogP contribution is 2.42. The first kappa shape index (κ1) is 14.7. The fourth-order valence-electron chi connectivity index (χ4n) is 3.10. The van der Waals surface area contributed by atoms with E-state index in [9.17, 15) is 4.79 Å². The highest BCUT2D eigenvalue weighted by Gasteiger charge is 2.29. The minimum Gasteiger partial charge on any atom is -0.493 e. The van der Waals surface area contributed by atoms with Gasteiger partial charge in [-0.1, -0.05) is 6.07 Å². The molecule has 0 amide bonds. The van der Waals surface area contributed by atoms with Crippen LogP contribution in [0.2, 0.25) is 0 Å². The van der Waals surface area contributed by atoms with Crippen LogP contribution in [0.5, 0.6) is 23.0 Å². The maximum absolute atomic E-state index is 12.6. The minimum atomic E-state index is -0.134. The number of ether oxygens (including phenoxy) is 4. The van der Waals surface area contributed by atoms with Crippen molar-refractivity contribution in [2.45, 2.75) is 12.5 Å². The van der Waals surface area contributed by atoms with Gasteiger partial charge in [0.1, 0.15) is 0 Å². The molecule has 1 atom stereocenters. The summed E-state index contributed by atoms with van der Waals surface area (Å²) in [6.07, 6.45) is 0.363. The van der Waals surface area contributed by atoms with Gasteiger partial charge in [-0.25, -0.2) is 0 Å². The molecule has 0 aliphatic carbocycles. The van der Waals surface area contributed by atoms with Crippen LogP contribution in [0, 0.1) is 0 Å². The number of hydrogen-bond acceptors (Lipinski definition) is 6. The van der Waals surface area contributed by atoms with Crippen LogP contribution in [-0.2, 0) is 0 Å². The van der Waals surface area contributed by atoms with Crippen molar-refractivity contribution < 1.29 is 23.7 Å². The summed E-state index contributed by atoms with van der Waals surface area (Å²) in [5, 5.41) is 3.41. The Morgan fingerprint density at radius 1 is 1.04 bits per heavy atom. The molecule has 24 heavy (non-hydrogen) atoms. The molecule has 0 bridgehead atoms. The molecule has 6 heteroatoms. The Morgan fingerprint density at radius 2 is 1.79 bits per heavy atom. The average Bonchev–Trinajstić information content (AvgIpc) is 3.06. The predicted molar refractivity (Wildman–Crippen MR) is 87.4 cm³/mol. The van der Waals surface area contributed by atoms with Gasteiger partial charge in [-0.2, -0.15) is 0 Å². The van der Waals surface area contributed by atoms with Crippen LogP contribution in [0.15, 0.2) is 30.3 Å². The topological polar surface area (TPSA) is 66.0 Å². The maximum atomic E-state index is 12.6. The molecule has 2 aromatic rings. The Labute approximate surface area is 139 Å². The molecule has 0 saturated heterocycles. The van der Waals surface area contributed by atoms with E-state index in [0.29, 0.717) is 35.0 Å². The van der Waals surface area contributed by atoms with Gasteiger partial charge in [0.05, 0.1) is 20.3 Å². The number of ketones is 1. The van der Waals surface area contributed by atoms with Crippen LogP contribution in [-0.4, -0.2) is 26.8 Å². The van der Waals surface area contributed by atoms with E-state index in [1.54, 1.807) is 20.3 Å². The molecule has 2 aliphatic rings. The van der Waals surface area contributed by atoms with E-state index in [1.807, 2.05) is 24.3 Å². The lowest BCUT2D eigenvalue weighted by Crippen LogP contribution is -2.22. The number of fused-ring (bicyclic) bond motifs is 2. The SMILES string of the molecule is COc1ccc(C2CC(=O)c3cc4c(cc3N2)OCO4)cc1OC. The molecule has 2 aromatic carbocycles. The lowest BCUT2D eigenvalue weighted by Gasteiger charge is -2.27. The zero-order valence-electron chi connectivity index (χ0n) is 13.4. The first-order chi connectivity index (χ1) is 11.7. The van der Waals surface area contributed by atoms with Crippen LogP contribution in [0.25, 0.3) is 0 Å². The summed E-state index contributed by atoms with van der Waals surface area (Å²) >= 11 is 0. The smallest absolute Gasteiger partial charge is 0.231 e. The van der Waals surface area contributed by atoms with Crippen molar-refractivity contribution in [2.24, 2.45) is 0 Å². The van der Waals surface area contributed by atoms with Gasteiger partial charge in [0, 0.05) is 23.7 Å². The minimum absolute atomic E-state index is 0.0711. The number of benzene rings is 2. The Bertz CT molecular complexity index is 817. The Kier molecular flexibility index (Phi) is 3.45. The Balaban J connectivity index is 1.69. The number of carbonyl (C=O) groups excluding carboxylic acids is 1. The van der Waals surface area contributed by atoms with Gasteiger partial charge in [0.15, 0.2) is 28.8 Å². The number of nitrogens with one attached hydrogen (secondary N) is 1. The van der Waals surface area contributed by atoms with Crippen molar-refractivity contribution in [3.8, 4) is 23.0 Å². The number of carbonyl (C=O) groups is 1. The third-order valence-corrected chi connectivity index (χ3v) is 4.34. The summed E-state index contributed by atoms with van der Waals surface area (Å²) in [6, 6.07) is 9.10. The number of hydrogen-bond donors (Lipinski definition) is 1. The van der Waals surface area contributed by atoms with Gasteiger partial charge in [0.2, 0.25) is 6.79 Å². The van der Waals surface area contributed by atoms with E-state index in [4.69, 9.17) is 18.9 Å². The van der Waals surface area contributed by atoms with E-state index in [1.165, 1.54) is 0 Å². The molecule has 6 nitrogen and oxygen atoms in total. The Hall–Kier alpha value is -2.89. The van der Waals surface area contributed by atoms with Crippen molar-refractivity contribution in [1.82, 2.24) is 0 Å². The fourth-order valence-corrected chi connectivity index (χ4v) is 3.10. The van der Waals surface area contributed by atoms with Gasteiger partial charge in [0.25, 0.3) is 0 Å². The highest BCUT2D eigenvalue weighted by atomic mass is 16.7. The van der Waals surface area contributed by atoms with E-state index in [-0.39, 0.29) is 18.6 Å². The van der Waals surface area contributed by atoms with E-state index in [0.717, 1.165) is 11.3 Å². The normalized spacial score (nSPS) is 17.9. The predicted octanol–water partition coefficient (Wildman–Crippen LogP) is 3.17. The molecule has 1 N–H and O–H groups in total. The van der Waals surface area contributed by atoms with Gasteiger partial charge in [-0.15, -0.1) is 0 Å². The summed E-state index contributed by atoms with van der Waals surface area (Å²) in [6.45, 7) is 0.186. The van der Waals surface area contributed by atoms with Gasteiger partial charge in [-0.05, 0) is 23.8 Å². The first-order valence-electron chi connectivity index (χ1n) is 7.65. The van der Waals surface area contributed by atoms with E-state index in [2.05, 4.69) is 5.32 Å². The van der Waals surface area contributed by atoms with Crippen molar-refractivity contribution in [2.75, 3.05) is 26.3 Å². The standard InChI is InChI=1S/C18H17NO5/c1-21-15-4-3-10(5-16(15)22-2)12-7-14(20)11-6-17-18(24-9-23-17)8-13(11)19-12/h3-6,8,12,19H,7,9H2,1-2H3. The molecular formula is C18H17NO5. The average molecular weight is 327 g/mol. The Morgan fingerprint density at radius 3 is 2.54 bits per heavy atom. The first-order valence-corrected chi connectivity index (χ1v) is 7.65. The molecule has 0 aromatic heterocycles. The molecular weight excluding hydrogens is 310 g/mol. The maximum Gasteiger partial charge on any atom is 0.231 e. The molecule has 0 fully saturated rings. The van der Waals surface area contributed by atoms with Crippen molar-refractivity contribution in [3.05, 3.63) is 41.5 Å². The molecule has 2 aliphatic heterocycles. The second-order valence-corrected chi connectivity index (χ2v) is 5.69. The molecule has 4 rings (SSSR count). The van der Waals surface area contributed by atoms with Crippen LogP contribution in [0.1, 0.15) is 28.4 Å². The highest BCUT2D eigenvalue weighted by molar-refractivity contribution is 6.04. The van der Waals surface area contributed by atoms with Crippen molar-refractivity contribution >= 4 is 11.5 Å². The monoisotopic (exact) mass is 327 g/mol. The fraction of sp³-hybridized carbons (Fsp3) is 0.278. The number of rotatable bonds is 3. The third-order valence-electron chi connectivity index (χ3n) is 4.34. The largest absolute Gasteiger partial charge is 0.493 e. The van der Waals surface area contributed by atoms with Gasteiger partial charge >= 0.3 is 0 Å². The lowest BCUT2D eigenvalue weighted by atomic mass is 9.92. The van der Waals surface area contributed by atoms with Crippen LogP contribution in [0.4, 0.5) is 5.69 Å². The summed E-state index contributed by atoms with van der Waals surface area (Å²) in [5.74, 6) is 2.64. The van der Waals surface area contributed by atoms with Gasteiger partial charge < -0.3 is 24.3 Å². The second-order valence-electron chi connectivity index (χ2n) is 5.69. The van der Waals surface area contributed by atoms with Crippen molar-refractivity contribution in [1.29, 1.82) is 0 Å². The molecule has 0 spiro atoms. The van der Waals surface area contributed by atoms with E-state index >= 15 is 0 Å². The number of anilines is 1. The molecule has 2 heterocycles. The second kappa shape index (κ2) is 5.63. The molecule has 0 saturated carbocycles. The van der Waals surface area contributed by atoms with Crippen LogP contribution >= 0.6 is 0 Å². The van der Waals surface area contributed by atoms with Crippen LogP contribution in [0.3, 0.4) is 0 Å². The molecule has 124 valence electrons. The number of methoxy groups -OCH3 is 2. The van der Waals surface area contributed by atoms with E-state index < -0.39 is 0 Å². The summed E-state index contributed by atoms with van der Waals surface area (Å²) in [5.41, 5.74) is 2.36. The number of Topliss-reactive ketones (excluding diaryl/α,β-unsaturated/α-hetero) is 1. The third kappa shape index (κ3) is 2.31. The summed E-state index contributed by atoms with van der Waals surface area (Å²) in [7, 11) is 3.19.